The second kappa shape index (κ2) is 5.60. The first kappa shape index (κ1) is 14.8. The topological polar surface area (TPSA) is 63.5 Å². The van der Waals surface area contributed by atoms with Crippen molar-refractivity contribution in [3.05, 3.63) is 75.8 Å². The molecule has 1 amide bonds. The molecule has 1 N–H and O–H groups in total. The fraction of sp³-hybridized carbons (Fsp3) is 0.0625. The Morgan fingerprint density at radius 1 is 1.17 bits per heavy atom. The van der Waals surface area contributed by atoms with E-state index in [1.165, 1.54) is 10.6 Å². The molecule has 0 bridgehead atoms. The van der Waals surface area contributed by atoms with E-state index < -0.39 is 23.1 Å². The molecule has 3 aromatic rings. The minimum Gasteiger partial charge on any atom is -0.316 e. The van der Waals surface area contributed by atoms with Crippen LogP contribution in [0.2, 0.25) is 0 Å². The van der Waals surface area contributed by atoms with Crippen molar-refractivity contribution in [2.24, 2.45) is 0 Å². The molecule has 5 nitrogen and oxygen atoms in total. The van der Waals surface area contributed by atoms with Crippen molar-refractivity contribution >= 4 is 17.2 Å². The van der Waals surface area contributed by atoms with Crippen LogP contribution in [0.4, 0.5) is 14.5 Å². The van der Waals surface area contributed by atoms with Crippen LogP contribution in [0.3, 0.4) is 0 Å². The SMILES string of the molecule is Cc1nc2ccccn2c(=O)c1NC(=O)c1ccc(F)c(F)c1. The quantitative estimate of drug-likeness (QED) is 0.790. The molecule has 0 unspecified atom stereocenters. The van der Waals surface area contributed by atoms with E-state index in [2.05, 4.69) is 10.3 Å². The monoisotopic (exact) mass is 315 g/mol. The lowest BCUT2D eigenvalue weighted by Crippen LogP contribution is -2.25. The van der Waals surface area contributed by atoms with Crippen molar-refractivity contribution in [2.45, 2.75) is 6.92 Å². The van der Waals surface area contributed by atoms with Crippen LogP contribution in [-0.2, 0) is 0 Å². The molecule has 1 aromatic carbocycles. The number of carbonyl (C=O) groups excluding carboxylic acids is 1. The lowest BCUT2D eigenvalue weighted by atomic mass is 10.2. The molecule has 0 aliphatic carbocycles. The number of anilines is 1. The predicted molar refractivity (Wildman–Crippen MR) is 80.5 cm³/mol. The van der Waals surface area contributed by atoms with Crippen LogP contribution in [0, 0.1) is 18.6 Å². The summed E-state index contributed by atoms with van der Waals surface area (Å²) >= 11 is 0. The summed E-state index contributed by atoms with van der Waals surface area (Å²) < 4.78 is 27.4. The second-order valence-corrected chi connectivity index (χ2v) is 4.89. The number of pyridine rings is 1. The summed E-state index contributed by atoms with van der Waals surface area (Å²) in [6.07, 6.45) is 1.53. The highest BCUT2D eigenvalue weighted by Gasteiger charge is 2.15. The molecule has 0 saturated carbocycles. The third kappa shape index (κ3) is 2.68. The Morgan fingerprint density at radius 2 is 1.96 bits per heavy atom. The summed E-state index contributed by atoms with van der Waals surface area (Å²) in [7, 11) is 0. The van der Waals surface area contributed by atoms with Gasteiger partial charge >= 0.3 is 0 Å². The van der Waals surface area contributed by atoms with Crippen molar-refractivity contribution in [1.29, 1.82) is 0 Å². The van der Waals surface area contributed by atoms with Gasteiger partial charge in [-0.15, -0.1) is 0 Å². The Labute approximate surface area is 129 Å². The number of halogens is 2. The fourth-order valence-electron chi connectivity index (χ4n) is 2.17. The van der Waals surface area contributed by atoms with Gasteiger partial charge in [-0.3, -0.25) is 14.0 Å². The molecule has 0 aliphatic rings. The highest BCUT2D eigenvalue weighted by Crippen LogP contribution is 2.13. The zero-order valence-corrected chi connectivity index (χ0v) is 12.0. The predicted octanol–water partition coefficient (Wildman–Crippen LogP) is 2.53. The number of aryl methyl sites for hydroxylation is 1. The van der Waals surface area contributed by atoms with Crippen molar-refractivity contribution in [3.8, 4) is 0 Å². The van der Waals surface area contributed by atoms with Crippen LogP contribution in [-0.4, -0.2) is 15.3 Å². The van der Waals surface area contributed by atoms with Gasteiger partial charge in [0.15, 0.2) is 11.6 Å². The zero-order valence-electron chi connectivity index (χ0n) is 12.0. The van der Waals surface area contributed by atoms with Crippen molar-refractivity contribution in [3.63, 3.8) is 0 Å². The first-order valence-electron chi connectivity index (χ1n) is 6.72. The zero-order chi connectivity index (χ0) is 16.6. The molecule has 0 aliphatic heterocycles. The third-order valence-corrected chi connectivity index (χ3v) is 3.34. The van der Waals surface area contributed by atoms with Crippen LogP contribution >= 0.6 is 0 Å². The maximum Gasteiger partial charge on any atom is 0.281 e. The number of nitrogens with one attached hydrogen (secondary N) is 1. The third-order valence-electron chi connectivity index (χ3n) is 3.34. The standard InChI is InChI=1S/C16H11F2N3O2/c1-9-14(16(23)21-7-3-2-4-13(21)19-9)20-15(22)10-5-6-11(17)12(18)8-10/h2-8H,1H3,(H,20,22). The van der Waals surface area contributed by atoms with Crippen molar-refractivity contribution in [1.82, 2.24) is 9.38 Å². The number of fused-ring (bicyclic) bond motifs is 1. The van der Waals surface area contributed by atoms with E-state index in [-0.39, 0.29) is 11.3 Å². The molecule has 3 rings (SSSR count). The van der Waals surface area contributed by atoms with Gasteiger partial charge in [-0.2, -0.15) is 0 Å². The van der Waals surface area contributed by atoms with Crippen LogP contribution < -0.4 is 10.9 Å². The van der Waals surface area contributed by atoms with E-state index in [4.69, 9.17) is 0 Å². The molecule has 2 aromatic heterocycles. The Kier molecular flexibility index (Phi) is 3.61. The van der Waals surface area contributed by atoms with E-state index >= 15 is 0 Å². The average molecular weight is 315 g/mol. The Hall–Kier alpha value is -3.09. The van der Waals surface area contributed by atoms with Crippen molar-refractivity contribution in [2.75, 3.05) is 5.32 Å². The van der Waals surface area contributed by atoms with Crippen LogP contribution in [0.25, 0.3) is 5.65 Å². The largest absolute Gasteiger partial charge is 0.316 e. The molecule has 2 heterocycles. The summed E-state index contributed by atoms with van der Waals surface area (Å²) in [6, 6.07) is 7.81. The van der Waals surface area contributed by atoms with Gasteiger partial charge in [-0.1, -0.05) is 6.07 Å². The minimum absolute atomic E-state index is 0.0107. The Balaban J connectivity index is 2.02. The molecule has 0 radical (unpaired) electrons. The van der Waals surface area contributed by atoms with Gasteiger partial charge < -0.3 is 5.32 Å². The first-order valence-corrected chi connectivity index (χ1v) is 6.72. The van der Waals surface area contributed by atoms with Gasteiger partial charge in [0.1, 0.15) is 11.3 Å². The average Bonchev–Trinajstić information content (AvgIpc) is 2.54. The van der Waals surface area contributed by atoms with Crippen molar-refractivity contribution < 1.29 is 13.6 Å². The van der Waals surface area contributed by atoms with Gasteiger partial charge in [0.2, 0.25) is 0 Å². The van der Waals surface area contributed by atoms with E-state index in [0.717, 1.165) is 18.2 Å². The lowest BCUT2D eigenvalue weighted by Gasteiger charge is -2.09. The number of hydrogen-bond acceptors (Lipinski definition) is 3. The minimum atomic E-state index is -1.14. The highest BCUT2D eigenvalue weighted by atomic mass is 19.2. The van der Waals surface area contributed by atoms with E-state index in [9.17, 15) is 18.4 Å². The summed E-state index contributed by atoms with van der Waals surface area (Å²) in [5, 5.41) is 2.41. The smallest absolute Gasteiger partial charge is 0.281 e. The summed E-state index contributed by atoms with van der Waals surface area (Å²) in [5.74, 6) is -2.91. The lowest BCUT2D eigenvalue weighted by molar-refractivity contribution is 0.102. The van der Waals surface area contributed by atoms with Crippen LogP contribution in [0.1, 0.15) is 16.1 Å². The van der Waals surface area contributed by atoms with Gasteiger partial charge in [-0.05, 0) is 37.3 Å². The van der Waals surface area contributed by atoms with E-state index in [1.54, 1.807) is 25.1 Å². The first-order chi connectivity index (χ1) is 11.0. The van der Waals surface area contributed by atoms with Gasteiger partial charge in [-0.25, -0.2) is 13.8 Å². The number of nitrogens with zero attached hydrogens (tertiary/aromatic N) is 2. The Bertz CT molecular complexity index is 983. The van der Waals surface area contributed by atoms with Crippen LogP contribution in [0.15, 0.2) is 47.4 Å². The van der Waals surface area contributed by atoms with Gasteiger partial charge in [0.05, 0.1) is 5.69 Å². The normalized spacial score (nSPS) is 10.7. The molecule has 116 valence electrons. The number of aromatic nitrogens is 2. The molecule has 0 saturated heterocycles. The van der Waals surface area contributed by atoms with Crippen LogP contribution in [0.5, 0.6) is 0 Å². The number of carbonyl (C=O) groups is 1. The molecular weight excluding hydrogens is 304 g/mol. The Morgan fingerprint density at radius 3 is 2.70 bits per heavy atom. The number of hydrogen-bond donors (Lipinski definition) is 1. The number of benzene rings is 1. The fourth-order valence-corrected chi connectivity index (χ4v) is 2.17. The number of rotatable bonds is 2. The summed E-state index contributed by atoms with van der Waals surface area (Å²) in [4.78, 5) is 28.8. The molecular formula is C16H11F2N3O2. The molecule has 0 atom stereocenters. The maximum atomic E-state index is 13.2. The van der Waals surface area contributed by atoms with E-state index in [0.29, 0.717) is 11.3 Å². The van der Waals surface area contributed by atoms with Gasteiger partial charge in [0, 0.05) is 11.8 Å². The second-order valence-electron chi connectivity index (χ2n) is 4.89. The molecule has 7 heteroatoms. The molecule has 0 spiro atoms. The van der Waals surface area contributed by atoms with E-state index in [1.807, 2.05) is 0 Å². The summed E-state index contributed by atoms with van der Waals surface area (Å²) in [6.45, 7) is 1.58. The maximum absolute atomic E-state index is 13.2. The number of amides is 1. The highest BCUT2D eigenvalue weighted by molar-refractivity contribution is 6.04. The molecule has 0 fully saturated rings. The molecule has 23 heavy (non-hydrogen) atoms. The summed E-state index contributed by atoms with van der Waals surface area (Å²) in [5.41, 5.74) is 0.214. The van der Waals surface area contributed by atoms with Gasteiger partial charge in [0.25, 0.3) is 11.5 Å².